The molecular formula is C40H48F2N6O6. The van der Waals surface area contributed by atoms with Gasteiger partial charge in [-0.3, -0.25) is 28.9 Å². The molecule has 2 aliphatic rings. The summed E-state index contributed by atoms with van der Waals surface area (Å²) >= 11 is 0. The molecule has 2 heterocycles. The number of nitrogens with zero attached hydrogens (tertiary/aromatic N) is 4. The lowest BCUT2D eigenvalue weighted by atomic mass is 9.84. The van der Waals surface area contributed by atoms with E-state index in [2.05, 4.69) is 5.32 Å². The van der Waals surface area contributed by atoms with Crippen molar-refractivity contribution in [2.75, 3.05) is 26.2 Å². The van der Waals surface area contributed by atoms with Crippen molar-refractivity contribution in [3.63, 3.8) is 0 Å². The molecule has 1 aliphatic carbocycles. The summed E-state index contributed by atoms with van der Waals surface area (Å²) in [6.07, 6.45) is 6.09. The van der Waals surface area contributed by atoms with Crippen molar-refractivity contribution in [3.05, 3.63) is 89.9 Å². The fraction of sp³-hybridized carbons (Fsp3) is 0.450. The lowest BCUT2D eigenvalue weighted by Crippen LogP contribution is -2.46. The minimum atomic E-state index is -0.982. The van der Waals surface area contributed by atoms with Crippen LogP contribution in [0.2, 0.25) is 0 Å². The molecule has 4 N–H and O–H groups in total. The molecular weight excluding hydrogens is 698 g/mol. The van der Waals surface area contributed by atoms with E-state index in [0.29, 0.717) is 25.2 Å². The van der Waals surface area contributed by atoms with Gasteiger partial charge >= 0.3 is 0 Å². The molecule has 0 saturated heterocycles. The number of amides is 4. The number of carbonyl (C=O) groups excluding carboxylic acids is 5. The second kappa shape index (κ2) is 17.4. The van der Waals surface area contributed by atoms with Crippen molar-refractivity contribution in [2.24, 2.45) is 23.0 Å². The van der Waals surface area contributed by atoms with Crippen LogP contribution in [-0.4, -0.2) is 86.2 Å². The maximum absolute atomic E-state index is 15.0. The molecule has 4 atom stereocenters. The van der Waals surface area contributed by atoms with Crippen LogP contribution in [0.1, 0.15) is 70.3 Å². The van der Waals surface area contributed by atoms with Crippen LogP contribution in [0, 0.1) is 28.9 Å². The second-order valence-corrected chi connectivity index (χ2v) is 15.1. The number of nitrogens with two attached hydrogens (primary N) is 1. The Morgan fingerprint density at radius 2 is 1.76 bits per heavy atom. The maximum atomic E-state index is 15.0. The fourth-order valence-corrected chi connectivity index (χ4v) is 7.41. The van der Waals surface area contributed by atoms with E-state index in [-0.39, 0.29) is 61.3 Å². The number of aromatic nitrogens is 2. The number of benzene rings is 2. The van der Waals surface area contributed by atoms with Crippen LogP contribution in [0.4, 0.5) is 8.78 Å². The molecule has 4 amide bonds. The summed E-state index contributed by atoms with van der Waals surface area (Å²) < 4.78 is 31.1. The maximum Gasteiger partial charge on any atom is 0.253 e. The van der Waals surface area contributed by atoms with Gasteiger partial charge < -0.3 is 25.6 Å². The molecule has 12 nitrogen and oxygen atoms in total. The van der Waals surface area contributed by atoms with Gasteiger partial charge in [0, 0.05) is 62.4 Å². The van der Waals surface area contributed by atoms with Crippen LogP contribution in [0.5, 0.6) is 0 Å². The number of nitrogens with one attached hydrogen (secondary N) is 1. The fourth-order valence-electron chi connectivity index (χ4n) is 7.41. The summed E-state index contributed by atoms with van der Waals surface area (Å²) in [6, 6.07) is 10.8. The third-order valence-corrected chi connectivity index (χ3v) is 10.1. The lowest BCUT2D eigenvalue weighted by Gasteiger charge is -2.40. The monoisotopic (exact) mass is 746 g/mol. The van der Waals surface area contributed by atoms with Gasteiger partial charge in [-0.25, -0.2) is 13.8 Å². The zero-order chi connectivity index (χ0) is 39.2. The molecule has 1 saturated carbocycles. The number of aliphatic hydroxyl groups is 1. The Morgan fingerprint density at radius 1 is 1.06 bits per heavy atom. The van der Waals surface area contributed by atoms with E-state index < -0.39 is 59.4 Å². The van der Waals surface area contributed by atoms with E-state index in [0.717, 1.165) is 35.1 Å². The molecule has 0 unspecified atom stereocenters. The Balaban J connectivity index is 1.32. The standard InChI is InChI=1S/C40H48F2N6O6/c1-40(2,3)37(38-45-32(29-21-27(41)12-13-30(29)42)23-46(38)22-25-8-5-4-6-9-25)48(36(53)24-49)18-16-31(43)33(50)20-26-10-7-11-28(26)39(54)44-17-19-47-34(51)14-15-35(47)52/h4-6,8-9,12-15,21,23,26,28,31,37,49H,7,10-11,16-20,22,24,43H2,1-3H3,(H,44,54)/t26-,28-,31-,37-/m0/s1. The van der Waals surface area contributed by atoms with Gasteiger partial charge in [-0.15, -0.1) is 0 Å². The molecule has 5 rings (SSSR count). The molecule has 2 aromatic carbocycles. The number of hydrogen-bond donors (Lipinski definition) is 3. The first-order chi connectivity index (χ1) is 25.7. The summed E-state index contributed by atoms with van der Waals surface area (Å²) in [5.41, 5.74) is 6.77. The number of rotatable bonds is 16. The highest BCUT2D eigenvalue weighted by Crippen LogP contribution is 2.40. The number of hydrogen-bond acceptors (Lipinski definition) is 8. The van der Waals surface area contributed by atoms with Gasteiger partial charge in [-0.1, -0.05) is 57.5 Å². The van der Waals surface area contributed by atoms with Crippen LogP contribution in [0.25, 0.3) is 11.3 Å². The van der Waals surface area contributed by atoms with E-state index in [4.69, 9.17) is 10.7 Å². The van der Waals surface area contributed by atoms with E-state index in [1.807, 2.05) is 51.1 Å². The number of halogens is 2. The zero-order valence-corrected chi connectivity index (χ0v) is 30.8. The van der Waals surface area contributed by atoms with E-state index in [1.54, 1.807) is 10.8 Å². The number of imidazole rings is 1. The predicted octanol–water partition coefficient (Wildman–Crippen LogP) is 3.92. The molecule has 54 heavy (non-hydrogen) atoms. The largest absolute Gasteiger partial charge is 0.387 e. The van der Waals surface area contributed by atoms with Crippen molar-refractivity contribution in [1.82, 2.24) is 24.7 Å². The molecule has 0 bridgehead atoms. The number of ketones is 1. The third kappa shape index (κ3) is 9.52. The highest BCUT2D eigenvalue weighted by Gasteiger charge is 2.39. The second-order valence-electron chi connectivity index (χ2n) is 15.1. The first kappa shape index (κ1) is 40.1. The zero-order valence-electron chi connectivity index (χ0n) is 30.8. The van der Waals surface area contributed by atoms with Crippen molar-refractivity contribution < 1.29 is 37.9 Å². The minimum absolute atomic E-state index is 0.0204. The molecule has 1 fully saturated rings. The first-order valence-electron chi connectivity index (χ1n) is 18.2. The van der Waals surface area contributed by atoms with Gasteiger partial charge in [0.05, 0.1) is 17.8 Å². The van der Waals surface area contributed by atoms with Gasteiger partial charge in [0.2, 0.25) is 11.8 Å². The molecule has 14 heteroatoms. The average Bonchev–Trinajstić information content (AvgIpc) is 3.85. The summed E-state index contributed by atoms with van der Waals surface area (Å²) in [6.45, 7) is 5.29. The Labute approximate surface area is 313 Å². The van der Waals surface area contributed by atoms with Gasteiger partial charge in [-0.2, -0.15) is 0 Å². The molecule has 1 aromatic heterocycles. The van der Waals surface area contributed by atoms with Crippen molar-refractivity contribution in [3.8, 4) is 11.3 Å². The molecule has 0 spiro atoms. The van der Waals surface area contributed by atoms with Crippen molar-refractivity contribution >= 4 is 29.4 Å². The summed E-state index contributed by atoms with van der Waals surface area (Å²) in [7, 11) is 0. The van der Waals surface area contributed by atoms with Crippen LogP contribution in [0.3, 0.4) is 0 Å². The summed E-state index contributed by atoms with van der Waals surface area (Å²) in [5, 5.41) is 12.9. The van der Waals surface area contributed by atoms with Crippen LogP contribution in [-0.2, 0) is 30.5 Å². The Bertz CT molecular complexity index is 1870. The smallest absolute Gasteiger partial charge is 0.253 e. The Morgan fingerprint density at radius 3 is 2.43 bits per heavy atom. The first-order valence-corrected chi connectivity index (χ1v) is 18.2. The van der Waals surface area contributed by atoms with Crippen molar-refractivity contribution in [1.29, 1.82) is 0 Å². The highest BCUT2D eigenvalue weighted by molar-refractivity contribution is 6.12. The van der Waals surface area contributed by atoms with Crippen molar-refractivity contribution in [2.45, 2.75) is 71.5 Å². The molecule has 288 valence electrons. The van der Waals surface area contributed by atoms with E-state index in [9.17, 15) is 33.5 Å². The summed E-state index contributed by atoms with van der Waals surface area (Å²) in [5.74, 6) is -3.59. The topological polar surface area (TPSA) is 168 Å². The van der Waals surface area contributed by atoms with Crippen LogP contribution in [0.15, 0.2) is 66.9 Å². The highest BCUT2D eigenvalue weighted by atomic mass is 19.1. The normalized spacial score (nSPS) is 18.2. The summed E-state index contributed by atoms with van der Waals surface area (Å²) in [4.78, 5) is 71.0. The number of imide groups is 1. The van der Waals surface area contributed by atoms with Gasteiger partial charge in [0.25, 0.3) is 11.8 Å². The Kier molecular flexibility index (Phi) is 12.9. The van der Waals surface area contributed by atoms with Crippen LogP contribution >= 0.6 is 0 Å². The van der Waals surface area contributed by atoms with Gasteiger partial charge in [-0.05, 0) is 54.4 Å². The molecule has 1 aliphatic heterocycles. The van der Waals surface area contributed by atoms with E-state index >= 15 is 4.39 Å². The number of aliphatic hydroxyl groups excluding tert-OH is 1. The SMILES string of the molecule is CC(C)(C)[C@H](c1nc(-c2cc(F)ccc2F)cn1Cc1ccccc1)N(CC[C@H](N)C(=O)C[C@@H]1CCC[C@@H]1C(=O)NCCN1C(=O)C=CC1=O)C(=O)CO. The predicted molar refractivity (Wildman–Crippen MR) is 196 cm³/mol. The molecule has 0 radical (unpaired) electrons. The number of Topliss-reactive ketones (excluding diaryl/α,β-unsaturated/α-hetero) is 1. The van der Waals surface area contributed by atoms with Gasteiger partial charge in [0.1, 0.15) is 29.8 Å². The molecule has 3 aromatic rings. The number of carbonyl (C=O) groups is 5. The quantitative estimate of drug-likeness (QED) is 0.186. The minimum Gasteiger partial charge on any atom is -0.387 e. The lowest BCUT2D eigenvalue weighted by molar-refractivity contribution is -0.140. The Hall–Kier alpha value is -5.08. The van der Waals surface area contributed by atoms with Gasteiger partial charge in [0.15, 0.2) is 0 Å². The van der Waals surface area contributed by atoms with E-state index in [1.165, 1.54) is 17.1 Å². The van der Waals surface area contributed by atoms with Crippen LogP contribution < -0.4 is 11.1 Å². The average molecular weight is 747 g/mol. The third-order valence-electron chi connectivity index (χ3n) is 10.1.